The molecule has 1 fully saturated rings. The largest absolute Gasteiger partial charge is 0.395 e. The number of hydrogen-bond acceptors (Lipinski definition) is 2. The zero-order valence-electron chi connectivity index (χ0n) is 7.09. The average molecular weight is 143 g/mol. The SMILES string of the molecule is C[C@H](CO)N1CC(C)(C)C1. The maximum atomic E-state index is 8.80. The van der Waals surface area contributed by atoms with Crippen molar-refractivity contribution in [3.63, 3.8) is 0 Å². The Morgan fingerprint density at radius 3 is 2.30 bits per heavy atom. The smallest absolute Gasteiger partial charge is 0.0584 e. The van der Waals surface area contributed by atoms with Crippen molar-refractivity contribution in [2.75, 3.05) is 19.7 Å². The number of aliphatic hydroxyl groups excluding tert-OH is 1. The van der Waals surface area contributed by atoms with Gasteiger partial charge in [0.05, 0.1) is 6.61 Å². The molecule has 0 amide bonds. The van der Waals surface area contributed by atoms with E-state index in [4.69, 9.17) is 5.11 Å². The maximum absolute atomic E-state index is 8.80. The van der Waals surface area contributed by atoms with Crippen molar-refractivity contribution in [1.29, 1.82) is 0 Å². The summed E-state index contributed by atoms with van der Waals surface area (Å²) in [6, 6.07) is 0.355. The quantitative estimate of drug-likeness (QED) is 0.615. The summed E-state index contributed by atoms with van der Waals surface area (Å²) in [6.45, 7) is 9.13. The molecule has 1 saturated heterocycles. The van der Waals surface area contributed by atoms with Crippen molar-refractivity contribution < 1.29 is 5.11 Å². The lowest BCUT2D eigenvalue weighted by Gasteiger charge is -2.48. The average Bonchev–Trinajstić information content (AvgIpc) is 1.81. The first-order valence-electron chi connectivity index (χ1n) is 3.90. The van der Waals surface area contributed by atoms with Gasteiger partial charge in [0, 0.05) is 19.1 Å². The van der Waals surface area contributed by atoms with Crippen LogP contribution in [0.3, 0.4) is 0 Å². The Labute approximate surface area is 62.8 Å². The first kappa shape index (κ1) is 8.02. The summed E-state index contributed by atoms with van der Waals surface area (Å²) >= 11 is 0. The molecule has 0 bridgehead atoms. The molecule has 0 saturated carbocycles. The fourth-order valence-electron chi connectivity index (χ4n) is 1.48. The van der Waals surface area contributed by atoms with Crippen LogP contribution in [0, 0.1) is 5.41 Å². The molecule has 1 heterocycles. The fourth-order valence-corrected chi connectivity index (χ4v) is 1.48. The van der Waals surface area contributed by atoms with Crippen LogP contribution in [0.15, 0.2) is 0 Å². The molecule has 0 aliphatic carbocycles. The Hall–Kier alpha value is -0.0800. The maximum Gasteiger partial charge on any atom is 0.0584 e. The molecule has 2 nitrogen and oxygen atoms in total. The van der Waals surface area contributed by atoms with Gasteiger partial charge >= 0.3 is 0 Å². The molecule has 1 rings (SSSR count). The van der Waals surface area contributed by atoms with Gasteiger partial charge in [-0.3, -0.25) is 4.90 Å². The van der Waals surface area contributed by atoms with Crippen molar-refractivity contribution in [2.24, 2.45) is 5.41 Å². The zero-order valence-corrected chi connectivity index (χ0v) is 7.09. The molecule has 0 aromatic heterocycles. The second-order valence-electron chi connectivity index (χ2n) is 4.10. The van der Waals surface area contributed by atoms with E-state index < -0.39 is 0 Å². The Bertz CT molecular complexity index is 114. The van der Waals surface area contributed by atoms with Crippen LogP contribution < -0.4 is 0 Å². The molecule has 0 unspecified atom stereocenters. The lowest BCUT2D eigenvalue weighted by atomic mass is 9.83. The lowest BCUT2D eigenvalue weighted by molar-refractivity contribution is -0.0174. The Morgan fingerprint density at radius 2 is 2.00 bits per heavy atom. The van der Waals surface area contributed by atoms with Gasteiger partial charge in [-0.05, 0) is 12.3 Å². The van der Waals surface area contributed by atoms with Gasteiger partial charge in [-0.15, -0.1) is 0 Å². The van der Waals surface area contributed by atoms with E-state index in [0.717, 1.165) is 13.1 Å². The van der Waals surface area contributed by atoms with Gasteiger partial charge in [-0.1, -0.05) is 13.8 Å². The van der Waals surface area contributed by atoms with E-state index in [-0.39, 0.29) is 6.61 Å². The summed E-state index contributed by atoms with van der Waals surface area (Å²) in [7, 11) is 0. The van der Waals surface area contributed by atoms with Gasteiger partial charge in [0.25, 0.3) is 0 Å². The minimum absolute atomic E-state index is 0.288. The number of likely N-dealkylation sites (tertiary alicyclic amines) is 1. The van der Waals surface area contributed by atoms with Crippen LogP contribution in [-0.4, -0.2) is 35.7 Å². The molecule has 0 spiro atoms. The van der Waals surface area contributed by atoms with Crippen LogP contribution in [0.2, 0.25) is 0 Å². The third-order valence-corrected chi connectivity index (χ3v) is 2.15. The van der Waals surface area contributed by atoms with Gasteiger partial charge < -0.3 is 5.11 Å². The van der Waals surface area contributed by atoms with Crippen molar-refractivity contribution in [2.45, 2.75) is 26.8 Å². The van der Waals surface area contributed by atoms with E-state index in [1.165, 1.54) is 0 Å². The minimum atomic E-state index is 0.288. The predicted molar refractivity (Wildman–Crippen MR) is 41.9 cm³/mol. The van der Waals surface area contributed by atoms with Gasteiger partial charge in [-0.25, -0.2) is 0 Å². The first-order valence-corrected chi connectivity index (χ1v) is 3.90. The minimum Gasteiger partial charge on any atom is -0.395 e. The van der Waals surface area contributed by atoms with Crippen molar-refractivity contribution in [3.05, 3.63) is 0 Å². The molecule has 1 aliphatic rings. The van der Waals surface area contributed by atoms with E-state index in [0.29, 0.717) is 11.5 Å². The molecule has 0 aromatic rings. The summed E-state index contributed by atoms with van der Waals surface area (Å²) in [5.74, 6) is 0. The molecule has 1 atom stereocenters. The van der Waals surface area contributed by atoms with Gasteiger partial charge in [-0.2, -0.15) is 0 Å². The van der Waals surface area contributed by atoms with E-state index in [2.05, 4.69) is 25.7 Å². The van der Waals surface area contributed by atoms with Crippen LogP contribution in [-0.2, 0) is 0 Å². The molecular formula is C8H17NO. The van der Waals surface area contributed by atoms with E-state index >= 15 is 0 Å². The zero-order chi connectivity index (χ0) is 7.78. The molecule has 60 valence electrons. The highest BCUT2D eigenvalue weighted by molar-refractivity contribution is 4.89. The number of aliphatic hydroxyl groups is 1. The summed E-state index contributed by atoms with van der Waals surface area (Å²) in [5.41, 5.74) is 0.490. The Morgan fingerprint density at radius 1 is 1.50 bits per heavy atom. The molecule has 10 heavy (non-hydrogen) atoms. The van der Waals surface area contributed by atoms with Crippen LogP contribution in [0.25, 0.3) is 0 Å². The highest BCUT2D eigenvalue weighted by atomic mass is 16.3. The Balaban J connectivity index is 2.26. The molecule has 0 aromatic carbocycles. The van der Waals surface area contributed by atoms with Crippen molar-refractivity contribution in [1.82, 2.24) is 4.90 Å². The molecular weight excluding hydrogens is 126 g/mol. The lowest BCUT2D eigenvalue weighted by Crippen LogP contribution is -2.57. The van der Waals surface area contributed by atoms with Crippen LogP contribution in [0.4, 0.5) is 0 Å². The third-order valence-electron chi connectivity index (χ3n) is 2.15. The van der Waals surface area contributed by atoms with E-state index in [1.807, 2.05) is 0 Å². The molecule has 2 heteroatoms. The molecule has 1 N–H and O–H groups in total. The van der Waals surface area contributed by atoms with Gasteiger partial charge in [0.15, 0.2) is 0 Å². The van der Waals surface area contributed by atoms with E-state index in [9.17, 15) is 0 Å². The van der Waals surface area contributed by atoms with Crippen molar-refractivity contribution in [3.8, 4) is 0 Å². The highest BCUT2D eigenvalue weighted by Crippen LogP contribution is 2.29. The highest BCUT2D eigenvalue weighted by Gasteiger charge is 2.36. The van der Waals surface area contributed by atoms with Crippen LogP contribution in [0.1, 0.15) is 20.8 Å². The summed E-state index contributed by atoms with van der Waals surface area (Å²) in [6.07, 6.45) is 0. The normalized spacial score (nSPS) is 27.6. The van der Waals surface area contributed by atoms with Gasteiger partial charge in [0.1, 0.15) is 0 Å². The summed E-state index contributed by atoms with van der Waals surface area (Å²) in [4.78, 5) is 2.31. The first-order chi connectivity index (χ1) is 4.55. The standard InChI is InChI=1S/C8H17NO/c1-7(4-10)9-5-8(2,3)6-9/h7,10H,4-6H2,1-3H3/t7-/m1/s1. The molecule has 0 radical (unpaired) electrons. The number of rotatable bonds is 2. The molecule has 1 aliphatic heterocycles. The van der Waals surface area contributed by atoms with E-state index in [1.54, 1.807) is 0 Å². The fraction of sp³-hybridized carbons (Fsp3) is 1.00. The predicted octanol–water partition coefficient (Wildman–Crippen LogP) is 0.709. The summed E-state index contributed by atoms with van der Waals surface area (Å²) in [5, 5.41) is 8.80. The van der Waals surface area contributed by atoms with Gasteiger partial charge in [0.2, 0.25) is 0 Å². The van der Waals surface area contributed by atoms with Crippen LogP contribution >= 0.6 is 0 Å². The Kier molecular flexibility index (Phi) is 2.02. The summed E-state index contributed by atoms with van der Waals surface area (Å²) < 4.78 is 0. The van der Waals surface area contributed by atoms with Crippen molar-refractivity contribution >= 4 is 0 Å². The topological polar surface area (TPSA) is 23.5 Å². The second kappa shape index (κ2) is 2.51. The third kappa shape index (κ3) is 1.50. The number of nitrogens with zero attached hydrogens (tertiary/aromatic N) is 1. The monoisotopic (exact) mass is 143 g/mol. The van der Waals surface area contributed by atoms with Crippen LogP contribution in [0.5, 0.6) is 0 Å². The number of hydrogen-bond donors (Lipinski definition) is 1. The second-order valence-corrected chi connectivity index (χ2v) is 4.10.